The third-order valence-electron chi connectivity index (χ3n) is 5.47. The Morgan fingerprint density at radius 1 is 1.26 bits per heavy atom. The number of hydrogen-bond acceptors (Lipinski definition) is 6. The van der Waals surface area contributed by atoms with Gasteiger partial charge in [0.15, 0.2) is 11.6 Å². The van der Waals surface area contributed by atoms with Crippen LogP contribution in [0.3, 0.4) is 0 Å². The molecular weight excluding hydrogens is 406 g/mol. The molecule has 4 heterocycles. The Hall–Kier alpha value is -3.84. The van der Waals surface area contributed by atoms with Crippen molar-refractivity contribution in [2.24, 2.45) is 0 Å². The Bertz CT molecular complexity index is 1270. The summed E-state index contributed by atoms with van der Waals surface area (Å²) in [5.74, 6) is -1.57. The van der Waals surface area contributed by atoms with Gasteiger partial charge in [0.1, 0.15) is 5.82 Å². The highest BCUT2D eigenvalue weighted by Crippen LogP contribution is 2.32. The van der Waals surface area contributed by atoms with Gasteiger partial charge in [-0.05, 0) is 24.6 Å². The molecule has 2 aromatic heterocycles. The van der Waals surface area contributed by atoms with Crippen LogP contribution in [0.2, 0.25) is 0 Å². The van der Waals surface area contributed by atoms with Crippen molar-refractivity contribution >= 4 is 11.7 Å². The largest absolute Gasteiger partial charge is 0.391 e. The summed E-state index contributed by atoms with van der Waals surface area (Å²) in [6.45, 7) is 0.838. The molecule has 0 radical (unpaired) electrons. The topological polar surface area (TPSA) is 107 Å². The van der Waals surface area contributed by atoms with Crippen LogP contribution in [0.5, 0.6) is 0 Å². The normalized spacial score (nSPS) is 17.5. The first kappa shape index (κ1) is 19.1. The number of hydrogen-bond donors (Lipinski definition) is 2. The number of carbonyl (C=O) groups is 1. The van der Waals surface area contributed by atoms with Crippen molar-refractivity contribution in [1.82, 2.24) is 20.1 Å². The molecule has 0 unspecified atom stereocenters. The average molecular weight is 422 g/mol. The minimum atomic E-state index is -0.631. The van der Waals surface area contributed by atoms with Crippen LogP contribution in [-0.4, -0.2) is 45.0 Å². The van der Waals surface area contributed by atoms with Gasteiger partial charge in [0, 0.05) is 13.1 Å². The molecule has 0 saturated carbocycles. The molecule has 0 aliphatic carbocycles. The van der Waals surface area contributed by atoms with Crippen LogP contribution < -0.4 is 10.2 Å². The summed E-state index contributed by atoms with van der Waals surface area (Å²) in [7, 11) is 0. The van der Waals surface area contributed by atoms with Crippen molar-refractivity contribution in [3.63, 3.8) is 0 Å². The Kier molecular flexibility index (Phi) is 4.41. The number of pyridine rings is 1. The van der Waals surface area contributed by atoms with Gasteiger partial charge in [0.05, 0.1) is 58.7 Å². The molecule has 8 nitrogen and oxygen atoms in total. The zero-order valence-electron chi connectivity index (χ0n) is 16.1. The number of nitriles is 1. The van der Waals surface area contributed by atoms with E-state index in [1.165, 1.54) is 28.9 Å². The number of fused-ring (bicyclic) bond motifs is 1. The molecule has 0 bridgehead atoms. The predicted octanol–water partition coefficient (Wildman–Crippen LogP) is 1.90. The molecule has 1 amide bonds. The third kappa shape index (κ3) is 3.10. The lowest BCUT2D eigenvalue weighted by Crippen LogP contribution is -2.22. The van der Waals surface area contributed by atoms with E-state index in [1.54, 1.807) is 4.90 Å². The quantitative estimate of drug-likeness (QED) is 0.668. The number of rotatable bonds is 3. The van der Waals surface area contributed by atoms with Crippen LogP contribution in [0.4, 0.5) is 14.6 Å². The van der Waals surface area contributed by atoms with E-state index in [2.05, 4.69) is 15.4 Å². The zero-order valence-corrected chi connectivity index (χ0v) is 16.1. The van der Waals surface area contributed by atoms with E-state index < -0.39 is 23.6 Å². The number of carbonyl (C=O) groups excluding carboxylic acids is 1. The van der Waals surface area contributed by atoms with E-state index in [9.17, 15) is 23.9 Å². The number of nitrogens with zero attached hydrogens (tertiary/aromatic N) is 5. The number of amides is 1. The average Bonchev–Trinajstić information content (AvgIpc) is 3.46. The van der Waals surface area contributed by atoms with Crippen LogP contribution in [0.15, 0.2) is 30.5 Å². The smallest absolute Gasteiger partial charge is 0.255 e. The number of aromatic nitrogens is 3. The van der Waals surface area contributed by atoms with Crippen molar-refractivity contribution in [3.8, 4) is 23.0 Å². The van der Waals surface area contributed by atoms with E-state index in [-0.39, 0.29) is 47.0 Å². The Balaban J connectivity index is 1.69. The number of benzene rings is 1. The first-order chi connectivity index (χ1) is 15.0. The van der Waals surface area contributed by atoms with E-state index in [4.69, 9.17) is 0 Å². The molecule has 1 aromatic carbocycles. The Morgan fingerprint density at radius 3 is 2.84 bits per heavy atom. The maximum Gasteiger partial charge on any atom is 0.255 e. The first-order valence-corrected chi connectivity index (χ1v) is 9.66. The van der Waals surface area contributed by atoms with E-state index in [0.29, 0.717) is 18.7 Å². The van der Waals surface area contributed by atoms with Crippen LogP contribution >= 0.6 is 0 Å². The second-order valence-electron chi connectivity index (χ2n) is 7.44. The molecule has 2 aliphatic heterocycles. The van der Waals surface area contributed by atoms with Gasteiger partial charge in [-0.15, -0.1) is 5.10 Å². The summed E-state index contributed by atoms with van der Waals surface area (Å²) < 4.78 is 30.5. The van der Waals surface area contributed by atoms with Gasteiger partial charge >= 0.3 is 0 Å². The summed E-state index contributed by atoms with van der Waals surface area (Å²) in [5.41, 5.74) is 1.05. The number of aliphatic hydroxyl groups excluding tert-OH is 1. The summed E-state index contributed by atoms with van der Waals surface area (Å²) >= 11 is 0. The molecule has 1 saturated heterocycles. The minimum Gasteiger partial charge on any atom is -0.391 e. The van der Waals surface area contributed by atoms with Gasteiger partial charge in [-0.2, -0.15) is 5.26 Å². The van der Waals surface area contributed by atoms with E-state index in [0.717, 1.165) is 6.20 Å². The molecule has 156 valence electrons. The van der Waals surface area contributed by atoms with Gasteiger partial charge in [0.25, 0.3) is 5.91 Å². The van der Waals surface area contributed by atoms with Gasteiger partial charge < -0.3 is 15.3 Å². The molecule has 1 atom stereocenters. The van der Waals surface area contributed by atoms with E-state index >= 15 is 0 Å². The van der Waals surface area contributed by atoms with Crippen LogP contribution in [0.1, 0.15) is 28.0 Å². The lowest BCUT2D eigenvalue weighted by Gasteiger charge is -2.14. The second kappa shape index (κ2) is 7.14. The van der Waals surface area contributed by atoms with Gasteiger partial charge in [0.2, 0.25) is 0 Å². The molecule has 2 N–H and O–H groups in total. The van der Waals surface area contributed by atoms with Gasteiger partial charge in [-0.3, -0.25) is 4.79 Å². The third-order valence-corrected chi connectivity index (χ3v) is 5.47. The minimum absolute atomic E-state index is 0.00363. The van der Waals surface area contributed by atoms with Crippen molar-refractivity contribution in [3.05, 3.63) is 58.9 Å². The Labute approximate surface area is 175 Å². The highest BCUT2D eigenvalue weighted by molar-refractivity contribution is 6.01. The summed E-state index contributed by atoms with van der Waals surface area (Å²) in [5, 5.41) is 26.1. The zero-order chi connectivity index (χ0) is 21.7. The van der Waals surface area contributed by atoms with Crippen LogP contribution in [0.25, 0.3) is 16.9 Å². The number of nitrogens with one attached hydrogen (secondary N) is 1. The fourth-order valence-electron chi connectivity index (χ4n) is 4.01. The Morgan fingerprint density at radius 2 is 2.10 bits per heavy atom. The molecule has 1 fully saturated rings. The molecule has 0 spiro atoms. The van der Waals surface area contributed by atoms with Gasteiger partial charge in [-0.25, -0.2) is 18.4 Å². The highest BCUT2D eigenvalue weighted by Gasteiger charge is 2.30. The second-order valence-corrected chi connectivity index (χ2v) is 7.44. The first-order valence-electron chi connectivity index (χ1n) is 9.66. The molecule has 31 heavy (non-hydrogen) atoms. The monoisotopic (exact) mass is 422 g/mol. The maximum atomic E-state index is 14.7. The number of anilines is 1. The van der Waals surface area contributed by atoms with Gasteiger partial charge in [-0.1, -0.05) is 6.07 Å². The highest BCUT2D eigenvalue weighted by atomic mass is 19.1. The fourth-order valence-corrected chi connectivity index (χ4v) is 4.01. The van der Waals surface area contributed by atoms with Crippen LogP contribution in [0, 0.1) is 23.0 Å². The fraction of sp³-hybridized carbons (Fsp3) is 0.238. The molecular formula is C21H16F2N6O2. The summed E-state index contributed by atoms with van der Waals surface area (Å²) in [6, 6.07) is 7.50. The lowest BCUT2D eigenvalue weighted by molar-refractivity contribution is 0.0965. The summed E-state index contributed by atoms with van der Waals surface area (Å²) in [6.07, 6.45) is 1.09. The molecule has 2 aliphatic rings. The summed E-state index contributed by atoms with van der Waals surface area (Å²) in [4.78, 5) is 18.5. The number of halogens is 2. The molecule has 10 heteroatoms. The van der Waals surface area contributed by atoms with Crippen molar-refractivity contribution in [2.45, 2.75) is 19.1 Å². The predicted molar refractivity (Wildman–Crippen MR) is 105 cm³/mol. The van der Waals surface area contributed by atoms with Crippen molar-refractivity contribution in [1.29, 1.82) is 5.26 Å². The van der Waals surface area contributed by atoms with Crippen molar-refractivity contribution < 1.29 is 18.7 Å². The SMILES string of the molecule is N#Cc1cccc(F)c1-c1cc(-n2cc(F)c(N3CC[C@@H](O)C3)n2)c2c(n1)CNC2=O. The maximum absolute atomic E-state index is 14.7. The number of aliphatic hydroxyl groups is 1. The number of β-amino-alcohol motifs (C(OH)–C–C–N with tert-alkyl or cyclic N) is 1. The van der Waals surface area contributed by atoms with Crippen LogP contribution in [-0.2, 0) is 6.54 Å². The lowest BCUT2D eigenvalue weighted by atomic mass is 10.0. The molecule has 3 aromatic rings. The standard InChI is InChI=1S/C21H16F2N6O2/c22-13-3-1-2-11(7-24)18(13)15-6-17(19-16(26-15)8-25-21(19)31)29-10-14(23)20(27-29)28-5-4-12(30)9-28/h1-3,6,10,12,30H,4-5,8-9H2,(H,25,31)/t12-/m1/s1. The van der Waals surface area contributed by atoms with E-state index in [1.807, 2.05) is 6.07 Å². The molecule has 5 rings (SSSR count). The van der Waals surface area contributed by atoms with Crippen molar-refractivity contribution in [2.75, 3.05) is 18.0 Å².